The highest BCUT2D eigenvalue weighted by molar-refractivity contribution is 7.89. The van der Waals surface area contributed by atoms with E-state index in [4.69, 9.17) is 9.15 Å². The van der Waals surface area contributed by atoms with E-state index in [0.717, 1.165) is 19.3 Å². The molecule has 30 heavy (non-hydrogen) atoms. The van der Waals surface area contributed by atoms with Gasteiger partial charge in [0.25, 0.3) is 5.91 Å². The third-order valence-electron chi connectivity index (χ3n) is 5.27. The van der Waals surface area contributed by atoms with E-state index in [0.29, 0.717) is 51.1 Å². The lowest BCUT2D eigenvalue weighted by Gasteiger charge is -2.36. The van der Waals surface area contributed by atoms with Crippen LogP contribution in [0.15, 0.2) is 27.8 Å². The summed E-state index contributed by atoms with van der Waals surface area (Å²) in [4.78, 5) is 20.4. The maximum atomic E-state index is 12.4. The summed E-state index contributed by atoms with van der Waals surface area (Å²) < 4.78 is 37.8. The van der Waals surface area contributed by atoms with Crippen molar-refractivity contribution in [3.63, 3.8) is 0 Å². The van der Waals surface area contributed by atoms with Crippen LogP contribution < -0.4 is 10.0 Å². The maximum Gasteiger partial charge on any atom is 0.289 e. The van der Waals surface area contributed by atoms with Crippen molar-refractivity contribution < 1.29 is 22.4 Å². The first-order valence-electron chi connectivity index (χ1n) is 10.4. The first-order valence-corrected chi connectivity index (χ1v) is 12.0. The topological polar surface area (TPSA) is 116 Å². The lowest BCUT2D eigenvalue weighted by atomic mass is 10.1. The van der Waals surface area contributed by atoms with Crippen molar-refractivity contribution >= 4 is 21.9 Å². The van der Waals surface area contributed by atoms with Crippen molar-refractivity contribution in [1.29, 1.82) is 0 Å². The summed E-state index contributed by atoms with van der Waals surface area (Å²) in [6.45, 7) is 3.57. The largest absolute Gasteiger partial charge is 0.459 e. The first kappa shape index (κ1) is 22.6. The highest BCUT2D eigenvalue weighted by Crippen LogP contribution is 2.12. The van der Waals surface area contributed by atoms with Crippen LogP contribution in [0.2, 0.25) is 0 Å². The molecule has 168 valence electrons. The number of sulfonamides is 1. The van der Waals surface area contributed by atoms with Gasteiger partial charge in [-0.05, 0) is 31.4 Å². The van der Waals surface area contributed by atoms with E-state index < -0.39 is 10.0 Å². The molecule has 0 aliphatic carbocycles. The zero-order chi connectivity index (χ0) is 21.4. The van der Waals surface area contributed by atoms with Gasteiger partial charge in [0.1, 0.15) is 0 Å². The van der Waals surface area contributed by atoms with Gasteiger partial charge >= 0.3 is 0 Å². The van der Waals surface area contributed by atoms with Crippen molar-refractivity contribution in [2.45, 2.75) is 25.4 Å². The molecule has 2 aliphatic heterocycles. The van der Waals surface area contributed by atoms with E-state index in [2.05, 4.69) is 15.0 Å². The van der Waals surface area contributed by atoms with E-state index in [-0.39, 0.29) is 24.3 Å². The molecule has 0 bridgehead atoms. The fraction of sp³-hybridized carbons (Fsp3) is 0.684. The molecule has 2 fully saturated rings. The van der Waals surface area contributed by atoms with Gasteiger partial charge in [-0.15, -0.1) is 0 Å². The summed E-state index contributed by atoms with van der Waals surface area (Å²) in [5, 5.41) is 3.11. The van der Waals surface area contributed by atoms with Gasteiger partial charge in [-0.1, -0.05) is 0 Å². The maximum absolute atomic E-state index is 12.4. The van der Waals surface area contributed by atoms with Gasteiger partial charge < -0.3 is 24.3 Å². The number of ether oxygens (including phenoxy) is 1. The van der Waals surface area contributed by atoms with Gasteiger partial charge in [0, 0.05) is 52.9 Å². The second kappa shape index (κ2) is 10.8. The molecule has 0 spiro atoms. The van der Waals surface area contributed by atoms with Gasteiger partial charge in [-0.25, -0.2) is 13.1 Å². The Morgan fingerprint density at radius 3 is 2.63 bits per heavy atom. The molecule has 1 aromatic heterocycles. The van der Waals surface area contributed by atoms with Crippen molar-refractivity contribution in [1.82, 2.24) is 19.8 Å². The minimum absolute atomic E-state index is 0.0329. The summed E-state index contributed by atoms with van der Waals surface area (Å²) in [7, 11) is -1.73. The number of furan rings is 1. The predicted octanol–water partition coefficient (Wildman–Crippen LogP) is 0.101. The van der Waals surface area contributed by atoms with E-state index in [1.165, 1.54) is 6.26 Å². The van der Waals surface area contributed by atoms with E-state index >= 15 is 0 Å². The Balaban J connectivity index is 1.38. The Bertz CT molecular complexity index is 797. The number of amides is 1. The van der Waals surface area contributed by atoms with Crippen LogP contribution in [-0.4, -0.2) is 94.9 Å². The number of hydrogen-bond donors (Lipinski definition) is 2. The Kier molecular flexibility index (Phi) is 8.11. The fourth-order valence-electron chi connectivity index (χ4n) is 3.57. The molecule has 1 unspecified atom stereocenters. The lowest BCUT2D eigenvalue weighted by Crippen LogP contribution is -2.54. The number of aliphatic imine (C=N–C) groups is 1. The van der Waals surface area contributed by atoms with Crippen LogP contribution >= 0.6 is 0 Å². The van der Waals surface area contributed by atoms with Gasteiger partial charge in [-0.2, -0.15) is 0 Å². The molecule has 0 radical (unpaired) electrons. The Morgan fingerprint density at radius 2 is 2.00 bits per heavy atom. The molecule has 10 nitrogen and oxygen atoms in total. The molecule has 3 heterocycles. The number of carbonyl (C=O) groups is 1. The average molecular weight is 442 g/mol. The van der Waals surface area contributed by atoms with E-state index in [1.807, 2.05) is 4.90 Å². The van der Waals surface area contributed by atoms with Crippen LogP contribution in [0.5, 0.6) is 0 Å². The van der Waals surface area contributed by atoms with Crippen molar-refractivity contribution in [2.24, 2.45) is 4.99 Å². The van der Waals surface area contributed by atoms with Gasteiger partial charge in [-0.3, -0.25) is 9.79 Å². The van der Waals surface area contributed by atoms with Crippen molar-refractivity contribution in [3.05, 3.63) is 24.2 Å². The zero-order valence-electron chi connectivity index (χ0n) is 17.4. The molecule has 2 aliphatic rings. The molecule has 0 saturated carbocycles. The molecule has 11 heteroatoms. The third kappa shape index (κ3) is 6.44. The zero-order valence-corrected chi connectivity index (χ0v) is 18.2. The van der Waals surface area contributed by atoms with Gasteiger partial charge in [0.05, 0.1) is 18.1 Å². The highest BCUT2D eigenvalue weighted by Gasteiger charge is 2.25. The van der Waals surface area contributed by atoms with Crippen LogP contribution in [0.1, 0.15) is 29.8 Å². The van der Waals surface area contributed by atoms with E-state index in [1.54, 1.807) is 24.1 Å². The summed E-state index contributed by atoms with van der Waals surface area (Å²) in [6, 6.07) is 3.35. The minimum Gasteiger partial charge on any atom is -0.459 e. The SMILES string of the molecule is CN=C(NCCS(=O)(=O)NCC1CCCCO1)N1CCN(C(=O)c2ccco2)CC1. The molecule has 2 saturated heterocycles. The number of hydrogen-bond acceptors (Lipinski definition) is 6. The lowest BCUT2D eigenvalue weighted by molar-refractivity contribution is 0.0200. The normalized spacial score (nSPS) is 21.0. The van der Waals surface area contributed by atoms with Gasteiger partial charge in [0.15, 0.2) is 11.7 Å². The summed E-state index contributed by atoms with van der Waals surface area (Å²) >= 11 is 0. The summed E-state index contributed by atoms with van der Waals surface area (Å²) in [5.41, 5.74) is 0. The molecule has 1 amide bonds. The Labute approximate surface area is 177 Å². The number of nitrogens with one attached hydrogen (secondary N) is 2. The molecule has 1 atom stereocenters. The smallest absolute Gasteiger partial charge is 0.289 e. The fourth-order valence-corrected chi connectivity index (χ4v) is 4.52. The molecular formula is C19H31N5O5S. The standard InChI is InChI=1S/C19H31N5O5S/c1-20-19(21-7-14-30(26,27)22-15-16-5-2-3-12-28-16)24-10-8-23(9-11-24)18(25)17-6-4-13-29-17/h4,6,13,16,22H,2-3,5,7-12,14-15H2,1H3,(H,20,21). The van der Waals surface area contributed by atoms with Crippen LogP contribution in [0, 0.1) is 0 Å². The highest BCUT2D eigenvalue weighted by atomic mass is 32.2. The van der Waals surface area contributed by atoms with Crippen LogP contribution in [0.25, 0.3) is 0 Å². The first-order chi connectivity index (χ1) is 14.5. The molecule has 2 N–H and O–H groups in total. The Hall–Kier alpha value is -2.11. The average Bonchev–Trinajstić information content (AvgIpc) is 3.31. The predicted molar refractivity (Wildman–Crippen MR) is 113 cm³/mol. The van der Waals surface area contributed by atoms with Crippen molar-refractivity contribution in [3.8, 4) is 0 Å². The molecule has 1 aromatic rings. The summed E-state index contributed by atoms with van der Waals surface area (Å²) in [5.74, 6) is 0.797. The van der Waals surface area contributed by atoms with Crippen molar-refractivity contribution in [2.75, 3.05) is 58.7 Å². The number of guanidine groups is 1. The van der Waals surface area contributed by atoms with Crippen LogP contribution in [-0.2, 0) is 14.8 Å². The Morgan fingerprint density at radius 1 is 1.23 bits per heavy atom. The molecule has 0 aromatic carbocycles. The quantitative estimate of drug-likeness (QED) is 0.455. The minimum atomic E-state index is -3.39. The molecular weight excluding hydrogens is 410 g/mol. The van der Waals surface area contributed by atoms with Gasteiger partial charge in [0.2, 0.25) is 10.0 Å². The number of nitrogens with zero attached hydrogens (tertiary/aromatic N) is 3. The second-order valence-electron chi connectivity index (χ2n) is 7.39. The third-order valence-corrected chi connectivity index (χ3v) is 6.62. The van der Waals surface area contributed by atoms with E-state index in [9.17, 15) is 13.2 Å². The molecule has 3 rings (SSSR count). The van der Waals surface area contributed by atoms with Crippen LogP contribution in [0.4, 0.5) is 0 Å². The monoisotopic (exact) mass is 441 g/mol. The summed E-state index contributed by atoms with van der Waals surface area (Å²) in [6.07, 6.45) is 4.46. The second-order valence-corrected chi connectivity index (χ2v) is 9.31. The van der Waals surface area contributed by atoms with Crippen LogP contribution in [0.3, 0.4) is 0 Å². The number of carbonyl (C=O) groups excluding carboxylic acids is 1. The number of rotatable bonds is 7. The number of piperazine rings is 1.